The maximum absolute atomic E-state index is 3.38. The number of fused-ring (bicyclic) bond motifs is 2. The summed E-state index contributed by atoms with van der Waals surface area (Å²) in [6.45, 7) is 15.4. The van der Waals surface area contributed by atoms with E-state index in [0.29, 0.717) is 0 Å². The summed E-state index contributed by atoms with van der Waals surface area (Å²) in [5.74, 6) is 0. The Balaban J connectivity index is 0.000000361. The van der Waals surface area contributed by atoms with Gasteiger partial charge >= 0.3 is 21.7 Å². The van der Waals surface area contributed by atoms with Crippen molar-refractivity contribution in [2.75, 3.05) is 0 Å². The first kappa shape index (κ1) is 37.4. The summed E-state index contributed by atoms with van der Waals surface area (Å²) in [6, 6.07) is 40.0. The number of hydrogen-bond donors (Lipinski definition) is 0. The Bertz CT molecular complexity index is 1500. The van der Waals surface area contributed by atoms with Gasteiger partial charge in [0, 0.05) is 0 Å². The normalized spacial score (nSPS) is 9.86. The smallest absolute Gasteiger partial charge is 1.00 e. The fourth-order valence-electron chi connectivity index (χ4n) is 5.11. The molecule has 0 heterocycles. The molecule has 0 aliphatic heterocycles. The molecule has 0 aliphatic rings. The van der Waals surface area contributed by atoms with Gasteiger partial charge in [0.2, 0.25) is 0 Å². The molecule has 0 spiro atoms. The van der Waals surface area contributed by atoms with Crippen molar-refractivity contribution in [1.82, 2.24) is 0 Å². The minimum absolute atomic E-state index is 0. The Kier molecular flexibility index (Phi) is 16.2. The molecule has 0 unspecified atom stereocenters. The van der Waals surface area contributed by atoms with Gasteiger partial charge in [-0.3, -0.25) is 0 Å². The topological polar surface area (TPSA) is 0 Å². The van der Waals surface area contributed by atoms with Crippen molar-refractivity contribution < 1.29 is 46.5 Å². The van der Waals surface area contributed by atoms with E-state index >= 15 is 0 Å². The summed E-state index contributed by atoms with van der Waals surface area (Å²) in [4.78, 5) is 0. The Hall–Kier alpha value is -2.61. The van der Waals surface area contributed by atoms with Gasteiger partial charge in [-0.05, 0) is 35.1 Å². The fraction of sp³-hybridized carbons (Fsp3) is 0.179. The van der Waals surface area contributed by atoms with E-state index in [4.69, 9.17) is 0 Å². The van der Waals surface area contributed by atoms with Crippen LogP contribution >= 0.6 is 0 Å². The second-order valence-electron chi connectivity index (χ2n) is 10.1. The van der Waals surface area contributed by atoms with Crippen LogP contribution in [0, 0.1) is 27.7 Å². The molecule has 0 bridgehead atoms. The van der Waals surface area contributed by atoms with Gasteiger partial charge in [0.25, 0.3) is 0 Å². The summed E-state index contributed by atoms with van der Waals surface area (Å²) in [5, 5.41) is 5.40. The molecule has 3 heteroatoms. The van der Waals surface area contributed by atoms with E-state index in [9.17, 15) is 0 Å². The molecular weight excluding hydrogens is 587 g/mol. The van der Waals surface area contributed by atoms with Crippen molar-refractivity contribution in [3.8, 4) is 22.3 Å². The van der Waals surface area contributed by atoms with Crippen molar-refractivity contribution in [2.24, 2.45) is 0 Å². The third kappa shape index (κ3) is 9.19. The molecule has 0 nitrogen and oxygen atoms in total. The van der Waals surface area contributed by atoms with Gasteiger partial charge in [-0.1, -0.05) is 99.5 Å². The van der Waals surface area contributed by atoms with Crippen LogP contribution in [0.2, 0.25) is 0 Å². The molecule has 0 atom stereocenters. The van der Waals surface area contributed by atoms with Crippen LogP contribution in [0.3, 0.4) is 0 Å². The fourth-order valence-corrected chi connectivity index (χ4v) is 5.11. The van der Waals surface area contributed by atoms with Gasteiger partial charge < -0.3 is 45.1 Å². The Morgan fingerprint density at radius 3 is 1.19 bits per heavy atom. The first-order valence-corrected chi connectivity index (χ1v) is 14.1. The van der Waals surface area contributed by atoms with Gasteiger partial charge in [-0.25, -0.2) is 0 Å². The number of aryl methyl sites for hydroxylation is 4. The summed E-state index contributed by atoms with van der Waals surface area (Å²) in [5.41, 5.74) is 10.7. The first-order chi connectivity index (χ1) is 19.0. The molecule has 0 aliphatic carbocycles. The zero-order valence-corrected chi connectivity index (χ0v) is 28.3. The second-order valence-corrected chi connectivity index (χ2v) is 10.1. The van der Waals surface area contributed by atoms with Crippen LogP contribution in [-0.2, 0) is 34.6 Å². The third-order valence-electron chi connectivity index (χ3n) is 7.14. The molecule has 6 rings (SSSR count). The molecule has 0 saturated carbocycles. The molecule has 0 aromatic heterocycles. The Labute approximate surface area is 281 Å². The van der Waals surface area contributed by atoms with E-state index in [0.717, 1.165) is 19.3 Å². The average molecular weight is 628 g/mol. The summed E-state index contributed by atoms with van der Waals surface area (Å²) < 4.78 is 0. The molecule has 0 saturated heterocycles. The quantitative estimate of drug-likeness (QED) is 0.185. The summed E-state index contributed by atoms with van der Waals surface area (Å²) in [7, 11) is 0. The molecule has 0 N–H and O–H groups in total. The molecule has 0 fully saturated rings. The average Bonchev–Trinajstić information content (AvgIpc) is 3.54. The second kappa shape index (κ2) is 18.1. The summed E-state index contributed by atoms with van der Waals surface area (Å²) in [6.07, 6.45) is 2.94. The van der Waals surface area contributed by atoms with E-state index < -0.39 is 0 Å². The minimum atomic E-state index is 0. The monoisotopic (exact) mass is 626 g/mol. The van der Waals surface area contributed by atoms with Crippen molar-refractivity contribution >= 4 is 21.5 Å². The van der Waals surface area contributed by atoms with Crippen LogP contribution in [0.5, 0.6) is 0 Å². The van der Waals surface area contributed by atoms with E-state index in [1.807, 2.05) is 0 Å². The van der Waals surface area contributed by atoms with Gasteiger partial charge in [0.1, 0.15) is 0 Å². The molecule has 0 radical (unpaired) electrons. The number of benzene rings is 4. The molecule has 0 amide bonds. The SMILES string of the molecule is CCc1ccc(-c2cccc3[cH-]c(C)cc23)cc1.CCc1ccc(-c2cccc3[cH-]c(C)cc23)cc1.[CH2-]C[CH2-].[Cl-].[Cl-].[Ti+2]. The van der Waals surface area contributed by atoms with Crippen molar-refractivity contribution in [1.29, 1.82) is 0 Å². The first-order valence-electron chi connectivity index (χ1n) is 14.1. The van der Waals surface area contributed by atoms with Gasteiger partial charge in [0.05, 0.1) is 0 Å². The van der Waals surface area contributed by atoms with E-state index in [1.165, 1.54) is 66.1 Å². The Morgan fingerprint density at radius 1 is 0.548 bits per heavy atom. The predicted octanol–water partition coefficient (Wildman–Crippen LogP) is 5.24. The van der Waals surface area contributed by atoms with Crippen LogP contribution in [-0.4, -0.2) is 0 Å². The molecule has 6 aromatic rings. The standard InChI is InChI=1S/2C18H17.C3H6.2ClH.Ti/c2*1-3-14-7-9-15(10-8-14)17-6-4-5-16-11-13(2)12-18(16)17;1-3-2;;;/h2*4-12H,3H2,1-2H3;1-3H2;2*1H;/q2*-1;-2;;;+2/p-2. The minimum Gasteiger partial charge on any atom is -1.00 e. The molecule has 42 heavy (non-hydrogen) atoms. The van der Waals surface area contributed by atoms with E-state index in [-0.39, 0.29) is 46.5 Å². The van der Waals surface area contributed by atoms with Gasteiger partial charge in [0.15, 0.2) is 0 Å². The van der Waals surface area contributed by atoms with Gasteiger partial charge in [-0.15, -0.1) is 69.1 Å². The number of hydrogen-bond acceptors (Lipinski definition) is 0. The largest absolute Gasteiger partial charge is 2.00 e. The van der Waals surface area contributed by atoms with E-state index in [1.54, 1.807) is 0 Å². The zero-order valence-electron chi connectivity index (χ0n) is 25.2. The predicted molar refractivity (Wildman–Crippen MR) is 174 cm³/mol. The van der Waals surface area contributed by atoms with Crippen LogP contribution in [0.1, 0.15) is 42.5 Å². The van der Waals surface area contributed by atoms with Crippen molar-refractivity contribution in [2.45, 2.75) is 47.0 Å². The number of halogens is 2. The van der Waals surface area contributed by atoms with Crippen LogP contribution < -0.4 is 24.8 Å². The Morgan fingerprint density at radius 2 is 0.881 bits per heavy atom. The number of rotatable bonds is 4. The summed E-state index contributed by atoms with van der Waals surface area (Å²) >= 11 is 0. The molecule has 218 valence electrons. The molecule has 6 aromatic carbocycles. The zero-order chi connectivity index (χ0) is 27.8. The van der Waals surface area contributed by atoms with Crippen LogP contribution in [0.4, 0.5) is 0 Å². The maximum atomic E-state index is 3.38. The third-order valence-corrected chi connectivity index (χ3v) is 7.14. The van der Waals surface area contributed by atoms with Crippen molar-refractivity contribution in [3.63, 3.8) is 0 Å². The molecular formula is C39H40Cl2Ti-4. The maximum Gasteiger partial charge on any atom is 2.00 e. The van der Waals surface area contributed by atoms with Crippen molar-refractivity contribution in [3.05, 3.63) is 145 Å². The van der Waals surface area contributed by atoms with Crippen LogP contribution in [0.25, 0.3) is 43.8 Å². The van der Waals surface area contributed by atoms with Crippen LogP contribution in [0.15, 0.2) is 109 Å². The van der Waals surface area contributed by atoms with E-state index in [2.05, 4.69) is 151 Å². The van der Waals surface area contributed by atoms with Gasteiger partial charge in [-0.2, -0.15) is 12.1 Å².